The molecule has 0 unspecified atom stereocenters. The second-order valence-electron chi connectivity index (χ2n) is 6.00. The van der Waals surface area contributed by atoms with E-state index < -0.39 is 0 Å². The van der Waals surface area contributed by atoms with Crippen LogP contribution >= 0.6 is 0 Å². The van der Waals surface area contributed by atoms with Gasteiger partial charge in [-0.2, -0.15) is 0 Å². The number of rotatable bonds is 3. The van der Waals surface area contributed by atoms with Gasteiger partial charge in [-0.15, -0.1) is 0 Å². The molecule has 3 heteroatoms. The van der Waals surface area contributed by atoms with Crippen molar-refractivity contribution in [2.45, 2.75) is 45.4 Å². The SMILES string of the molecule is CCN1CCc2ccc(NC(=O)C3CCCCC3)cc21. The van der Waals surface area contributed by atoms with Gasteiger partial charge in [-0.1, -0.05) is 25.3 Å². The number of nitrogens with one attached hydrogen (secondary N) is 1. The van der Waals surface area contributed by atoms with Crippen LogP contribution < -0.4 is 10.2 Å². The summed E-state index contributed by atoms with van der Waals surface area (Å²) in [6.45, 7) is 4.32. The van der Waals surface area contributed by atoms with Gasteiger partial charge in [-0.3, -0.25) is 4.79 Å². The fraction of sp³-hybridized carbons (Fsp3) is 0.588. The van der Waals surface area contributed by atoms with Crippen LogP contribution in [0.15, 0.2) is 18.2 Å². The summed E-state index contributed by atoms with van der Waals surface area (Å²) in [4.78, 5) is 14.7. The first-order valence-corrected chi connectivity index (χ1v) is 7.96. The molecule has 3 rings (SSSR count). The van der Waals surface area contributed by atoms with Crippen molar-refractivity contribution in [2.75, 3.05) is 23.3 Å². The van der Waals surface area contributed by atoms with Gasteiger partial charge in [0.05, 0.1) is 0 Å². The highest BCUT2D eigenvalue weighted by atomic mass is 16.1. The monoisotopic (exact) mass is 272 g/mol. The predicted molar refractivity (Wildman–Crippen MR) is 83.2 cm³/mol. The van der Waals surface area contributed by atoms with Crippen molar-refractivity contribution in [3.05, 3.63) is 23.8 Å². The van der Waals surface area contributed by atoms with E-state index in [0.29, 0.717) is 0 Å². The summed E-state index contributed by atoms with van der Waals surface area (Å²) in [6.07, 6.45) is 6.92. The molecule has 1 N–H and O–H groups in total. The first-order valence-electron chi connectivity index (χ1n) is 7.96. The zero-order valence-electron chi connectivity index (χ0n) is 12.3. The van der Waals surface area contributed by atoms with E-state index in [9.17, 15) is 4.79 Å². The van der Waals surface area contributed by atoms with Crippen LogP contribution in [-0.2, 0) is 11.2 Å². The minimum Gasteiger partial charge on any atom is -0.371 e. The van der Waals surface area contributed by atoms with Crippen LogP contribution in [0.5, 0.6) is 0 Å². The maximum atomic E-state index is 12.3. The van der Waals surface area contributed by atoms with Crippen LogP contribution in [0.3, 0.4) is 0 Å². The smallest absolute Gasteiger partial charge is 0.227 e. The summed E-state index contributed by atoms with van der Waals surface area (Å²) in [7, 11) is 0. The van der Waals surface area contributed by atoms with Gasteiger partial charge in [-0.05, 0) is 43.9 Å². The number of likely N-dealkylation sites (N-methyl/N-ethyl adjacent to an activating group) is 1. The molecule has 1 fully saturated rings. The van der Waals surface area contributed by atoms with Crippen LogP contribution in [0.25, 0.3) is 0 Å². The Morgan fingerprint density at radius 1 is 1.30 bits per heavy atom. The zero-order chi connectivity index (χ0) is 13.9. The molecule has 1 aromatic rings. The molecule has 1 saturated carbocycles. The molecule has 1 aromatic carbocycles. The van der Waals surface area contributed by atoms with E-state index >= 15 is 0 Å². The fourth-order valence-corrected chi connectivity index (χ4v) is 3.46. The first-order chi connectivity index (χ1) is 9.78. The van der Waals surface area contributed by atoms with Crippen LogP contribution in [0.2, 0.25) is 0 Å². The van der Waals surface area contributed by atoms with E-state index in [1.54, 1.807) is 0 Å². The third-order valence-corrected chi connectivity index (χ3v) is 4.70. The van der Waals surface area contributed by atoms with Crippen LogP contribution in [-0.4, -0.2) is 19.0 Å². The third kappa shape index (κ3) is 2.67. The number of fused-ring (bicyclic) bond motifs is 1. The summed E-state index contributed by atoms with van der Waals surface area (Å²) in [6, 6.07) is 6.37. The Morgan fingerprint density at radius 3 is 2.85 bits per heavy atom. The van der Waals surface area contributed by atoms with Gasteiger partial charge in [0.2, 0.25) is 5.91 Å². The molecule has 0 atom stereocenters. The Morgan fingerprint density at radius 2 is 2.10 bits per heavy atom. The predicted octanol–water partition coefficient (Wildman–Crippen LogP) is 3.59. The van der Waals surface area contributed by atoms with Crippen molar-refractivity contribution in [1.29, 1.82) is 0 Å². The Labute approximate surface area is 121 Å². The summed E-state index contributed by atoms with van der Waals surface area (Å²) in [5, 5.41) is 3.12. The first kappa shape index (κ1) is 13.5. The lowest BCUT2D eigenvalue weighted by Crippen LogP contribution is -2.25. The average molecular weight is 272 g/mol. The lowest BCUT2D eigenvalue weighted by Gasteiger charge is -2.21. The Balaban J connectivity index is 1.70. The molecule has 1 aliphatic heterocycles. The molecule has 108 valence electrons. The van der Waals surface area contributed by atoms with Gasteiger partial charge in [0.25, 0.3) is 0 Å². The van der Waals surface area contributed by atoms with E-state index in [1.165, 1.54) is 30.5 Å². The molecular weight excluding hydrogens is 248 g/mol. The van der Waals surface area contributed by atoms with Gasteiger partial charge >= 0.3 is 0 Å². The van der Waals surface area contributed by atoms with Crippen molar-refractivity contribution in [2.24, 2.45) is 5.92 Å². The zero-order valence-corrected chi connectivity index (χ0v) is 12.3. The molecule has 20 heavy (non-hydrogen) atoms. The van der Waals surface area contributed by atoms with Gasteiger partial charge in [0.15, 0.2) is 0 Å². The number of nitrogens with zero attached hydrogens (tertiary/aromatic N) is 1. The number of carbonyl (C=O) groups excluding carboxylic acids is 1. The van der Waals surface area contributed by atoms with Crippen molar-refractivity contribution in [1.82, 2.24) is 0 Å². The maximum Gasteiger partial charge on any atom is 0.227 e. The molecule has 3 nitrogen and oxygen atoms in total. The van der Waals surface area contributed by atoms with Gasteiger partial charge < -0.3 is 10.2 Å². The van der Waals surface area contributed by atoms with E-state index in [2.05, 4.69) is 35.3 Å². The molecule has 0 radical (unpaired) electrons. The molecule has 1 heterocycles. The van der Waals surface area contributed by atoms with E-state index in [0.717, 1.165) is 38.0 Å². The number of benzene rings is 1. The fourth-order valence-electron chi connectivity index (χ4n) is 3.46. The number of anilines is 2. The normalized spacial score (nSPS) is 18.9. The lowest BCUT2D eigenvalue weighted by molar-refractivity contribution is -0.120. The highest BCUT2D eigenvalue weighted by Gasteiger charge is 2.22. The summed E-state index contributed by atoms with van der Waals surface area (Å²) < 4.78 is 0. The largest absolute Gasteiger partial charge is 0.371 e. The average Bonchev–Trinajstić information content (AvgIpc) is 2.90. The van der Waals surface area contributed by atoms with Crippen molar-refractivity contribution < 1.29 is 4.79 Å². The minimum absolute atomic E-state index is 0.214. The summed E-state index contributed by atoms with van der Waals surface area (Å²) in [5.74, 6) is 0.435. The Kier molecular flexibility index (Phi) is 3.95. The Hall–Kier alpha value is -1.51. The number of hydrogen-bond donors (Lipinski definition) is 1. The van der Waals surface area contributed by atoms with Crippen molar-refractivity contribution in [3.63, 3.8) is 0 Å². The standard InChI is InChI=1S/C17H24N2O/c1-2-19-11-10-13-8-9-15(12-16(13)19)18-17(20)14-6-4-3-5-7-14/h8-9,12,14H,2-7,10-11H2,1H3,(H,18,20). The van der Waals surface area contributed by atoms with E-state index in [-0.39, 0.29) is 11.8 Å². The number of amides is 1. The van der Waals surface area contributed by atoms with Gasteiger partial charge in [0.1, 0.15) is 0 Å². The molecule has 0 saturated heterocycles. The molecule has 0 aromatic heterocycles. The molecule has 0 spiro atoms. The highest BCUT2D eigenvalue weighted by molar-refractivity contribution is 5.93. The Bertz CT molecular complexity index is 492. The quantitative estimate of drug-likeness (QED) is 0.912. The third-order valence-electron chi connectivity index (χ3n) is 4.70. The molecular formula is C17H24N2O. The second-order valence-corrected chi connectivity index (χ2v) is 6.00. The second kappa shape index (κ2) is 5.86. The van der Waals surface area contributed by atoms with Crippen molar-refractivity contribution >= 4 is 17.3 Å². The van der Waals surface area contributed by atoms with E-state index in [4.69, 9.17) is 0 Å². The van der Waals surface area contributed by atoms with Crippen LogP contribution in [0, 0.1) is 5.92 Å². The van der Waals surface area contributed by atoms with Gasteiger partial charge in [0, 0.05) is 30.4 Å². The number of carbonyl (C=O) groups is 1. The van der Waals surface area contributed by atoms with Crippen molar-refractivity contribution in [3.8, 4) is 0 Å². The summed E-state index contributed by atoms with van der Waals surface area (Å²) >= 11 is 0. The van der Waals surface area contributed by atoms with E-state index in [1.807, 2.05) is 0 Å². The molecule has 0 bridgehead atoms. The van der Waals surface area contributed by atoms with Crippen LogP contribution in [0.1, 0.15) is 44.6 Å². The number of hydrogen-bond acceptors (Lipinski definition) is 2. The summed E-state index contributed by atoms with van der Waals surface area (Å²) in [5.41, 5.74) is 3.66. The molecule has 1 aliphatic carbocycles. The minimum atomic E-state index is 0.214. The molecule has 1 amide bonds. The maximum absolute atomic E-state index is 12.3. The topological polar surface area (TPSA) is 32.3 Å². The lowest BCUT2D eigenvalue weighted by atomic mass is 9.88. The highest BCUT2D eigenvalue weighted by Crippen LogP contribution is 2.31. The van der Waals surface area contributed by atoms with Gasteiger partial charge in [-0.25, -0.2) is 0 Å². The molecule has 2 aliphatic rings. The van der Waals surface area contributed by atoms with Crippen LogP contribution in [0.4, 0.5) is 11.4 Å².